The lowest BCUT2D eigenvalue weighted by Crippen LogP contribution is -2.46. The van der Waals surface area contributed by atoms with E-state index in [1.807, 2.05) is 0 Å². The van der Waals surface area contributed by atoms with Crippen LogP contribution in [0, 0.1) is 0 Å². The van der Waals surface area contributed by atoms with E-state index >= 15 is 0 Å². The number of carbonyl (C=O) groups is 1. The van der Waals surface area contributed by atoms with Crippen molar-refractivity contribution in [3.8, 4) is 0 Å². The van der Waals surface area contributed by atoms with Gasteiger partial charge in [0, 0.05) is 26.7 Å². The number of amides is 1. The van der Waals surface area contributed by atoms with Crippen LogP contribution in [0.2, 0.25) is 0 Å². The standard InChI is InChI=1S/C18H36N4O2.HI/c1-6-7-12-19-18(20-13-17(23)22(4)5)21-15-8-10-16(11-9-15)24-14(2)3;/h14-16H,6-13H2,1-5H3,(H2,19,20,21);1H. The largest absolute Gasteiger partial charge is 0.376 e. The fraction of sp³-hybridized carbons (Fsp3) is 0.889. The Balaban J connectivity index is 0.00000576. The second-order valence-corrected chi connectivity index (χ2v) is 7.04. The van der Waals surface area contributed by atoms with Gasteiger partial charge in [-0.15, -0.1) is 24.0 Å². The van der Waals surface area contributed by atoms with Crippen LogP contribution in [0.5, 0.6) is 0 Å². The SMILES string of the molecule is CCCCNC(=NCC(=O)N(C)C)NC1CCC(OC(C)C)CC1.I. The lowest BCUT2D eigenvalue weighted by Gasteiger charge is -2.31. The highest BCUT2D eigenvalue weighted by Gasteiger charge is 2.23. The van der Waals surface area contributed by atoms with Crippen molar-refractivity contribution in [2.24, 2.45) is 4.99 Å². The van der Waals surface area contributed by atoms with Crippen molar-refractivity contribution < 1.29 is 9.53 Å². The van der Waals surface area contributed by atoms with Gasteiger partial charge in [-0.25, -0.2) is 4.99 Å². The molecule has 25 heavy (non-hydrogen) atoms. The van der Waals surface area contributed by atoms with E-state index in [2.05, 4.69) is 36.4 Å². The number of guanidine groups is 1. The second-order valence-electron chi connectivity index (χ2n) is 7.04. The van der Waals surface area contributed by atoms with Gasteiger partial charge in [0.15, 0.2) is 5.96 Å². The van der Waals surface area contributed by atoms with Gasteiger partial charge >= 0.3 is 0 Å². The summed E-state index contributed by atoms with van der Waals surface area (Å²) in [5.41, 5.74) is 0. The Kier molecular flexibility index (Phi) is 13.3. The third-order valence-corrected chi connectivity index (χ3v) is 4.17. The number of ether oxygens (including phenoxy) is 1. The summed E-state index contributed by atoms with van der Waals surface area (Å²) in [7, 11) is 3.51. The molecule has 0 aromatic carbocycles. The Morgan fingerprint density at radius 3 is 2.40 bits per heavy atom. The van der Waals surface area contributed by atoms with Crippen LogP contribution in [0.15, 0.2) is 4.99 Å². The predicted molar refractivity (Wildman–Crippen MR) is 115 cm³/mol. The van der Waals surface area contributed by atoms with Crippen LogP contribution in [0.1, 0.15) is 59.3 Å². The van der Waals surface area contributed by atoms with Crippen molar-refractivity contribution in [2.75, 3.05) is 27.2 Å². The van der Waals surface area contributed by atoms with Gasteiger partial charge < -0.3 is 20.3 Å². The zero-order valence-electron chi connectivity index (χ0n) is 16.5. The summed E-state index contributed by atoms with van der Waals surface area (Å²) in [6, 6.07) is 0.402. The number of nitrogens with one attached hydrogen (secondary N) is 2. The number of nitrogens with zero attached hydrogens (tertiary/aromatic N) is 2. The molecule has 148 valence electrons. The van der Waals surface area contributed by atoms with E-state index in [4.69, 9.17) is 4.74 Å². The molecular formula is C18H37IN4O2. The summed E-state index contributed by atoms with van der Waals surface area (Å²) >= 11 is 0. The third kappa shape index (κ3) is 10.9. The van der Waals surface area contributed by atoms with Crippen molar-refractivity contribution in [3.63, 3.8) is 0 Å². The maximum Gasteiger partial charge on any atom is 0.243 e. The first-order valence-electron chi connectivity index (χ1n) is 9.32. The first-order valence-corrected chi connectivity index (χ1v) is 9.32. The number of hydrogen-bond donors (Lipinski definition) is 2. The van der Waals surface area contributed by atoms with Gasteiger partial charge in [-0.1, -0.05) is 13.3 Å². The highest BCUT2D eigenvalue weighted by Crippen LogP contribution is 2.22. The van der Waals surface area contributed by atoms with Crippen molar-refractivity contribution in [1.29, 1.82) is 0 Å². The molecule has 0 aliphatic heterocycles. The van der Waals surface area contributed by atoms with Crippen molar-refractivity contribution in [3.05, 3.63) is 0 Å². The Morgan fingerprint density at radius 1 is 1.24 bits per heavy atom. The van der Waals surface area contributed by atoms with Crippen LogP contribution in [-0.4, -0.2) is 62.2 Å². The van der Waals surface area contributed by atoms with Gasteiger partial charge in [-0.2, -0.15) is 0 Å². The molecule has 1 aliphatic carbocycles. The third-order valence-electron chi connectivity index (χ3n) is 4.17. The Morgan fingerprint density at radius 2 is 1.88 bits per heavy atom. The molecule has 0 radical (unpaired) electrons. The minimum Gasteiger partial charge on any atom is -0.376 e. The van der Waals surface area contributed by atoms with Gasteiger partial charge in [0.25, 0.3) is 0 Å². The van der Waals surface area contributed by atoms with Gasteiger partial charge in [0.1, 0.15) is 6.54 Å². The highest BCUT2D eigenvalue weighted by molar-refractivity contribution is 14.0. The molecule has 1 rings (SSSR count). The quantitative estimate of drug-likeness (QED) is 0.249. The Labute approximate surface area is 170 Å². The number of hydrogen-bond acceptors (Lipinski definition) is 3. The van der Waals surface area contributed by atoms with Crippen LogP contribution in [0.25, 0.3) is 0 Å². The molecule has 0 unspecified atom stereocenters. The fourth-order valence-electron chi connectivity index (χ4n) is 2.75. The van der Waals surface area contributed by atoms with Crippen molar-refractivity contribution >= 4 is 35.8 Å². The molecular weight excluding hydrogens is 431 g/mol. The highest BCUT2D eigenvalue weighted by atomic mass is 127. The summed E-state index contributed by atoms with van der Waals surface area (Å²) in [6.07, 6.45) is 7.21. The van der Waals surface area contributed by atoms with Gasteiger partial charge in [-0.3, -0.25) is 4.79 Å². The molecule has 1 saturated carbocycles. The van der Waals surface area contributed by atoms with E-state index in [-0.39, 0.29) is 36.4 Å². The summed E-state index contributed by atoms with van der Waals surface area (Å²) in [5, 5.41) is 6.84. The summed E-state index contributed by atoms with van der Waals surface area (Å²) in [6.45, 7) is 7.41. The number of carbonyl (C=O) groups excluding carboxylic acids is 1. The zero-order valence-corrected chi connectivity index (χ0v) is 18.8. The normalized spacial score (nSPS) is 20.8. The molecule has 1 amide bonds. The lowest BCUT2D eigenvalue weighted by molar-refractivity contribution is -0.127. The summed E-state index contributed by atoms with van der Waals surface area (Å²) < 4.78 is 5.91. The Hall–Kier alpha value is -0.570. The van der Waals surface area contributed by atoms with Gasteiger partial charge in [0.05, 0.1) is 12.2 Å². The summed E-state index contributed by atoms with van der Waals surface area (Å²) in [4.78, 5) is 17.8. The molecule has 0 bridgehead atoms. The number of likely N-dealkylation sites (N-methyl/N-ethyl adjacent to an activating group) is 1. The van der Waals surface area contributed by atoms with Crippen LogP contribution in [-0.2, 0) is 9.53 Å². The first-order chi connectivity index (χ1) is 11.4. The number of halogens is 1. The molecule has 1 aliphatic rings. The van der Waals surface area contributed by atoms with Crippen LogP contribution in [0.3, 0.4) is 0 Å². The van der Waals surface area contributed by atoms with Gasteiger partial charge in [-0.05, 0) is 46.0 Å². The molecule has 2 N–H and O–H groups in total. The van der Waals surface area contributed by atoms with Crippen LogP contribution >= 0.6 is 24.0 Å². The number of rotatable bonds is 8. The maximum atomic E-state index is 11.8. The average Bonchev–Trinajstić information content (AvgIpc) is 2.53. The molecule has 1 fully saturated rings. The number of aliphatic imine (C=N–C) groups is 1. The van der Waals surface area contributed by atoms with Crippen LogP contribution < -0.4 is 10.6 Å². The smallest absolute Gasteiger partial charge is 0.243 e. The van der Waals surface area contributed by atoms with E-state index in [0.29, 0.717) is 18.2 Å². The fourth-order valence-corrected chi connectivity index (χ4v) is 2.75. The molecule has 0 aromatic rings. The zero-order chi connectivity index (χ0) is 17.9. The minimum atomic E-state index is 0. The first kappa shape index (κ1) is 24.4. The molecule has 0 spiro atoms. The monoisotopic (exact) mass is 468 g/mol. The molecule has 0 atom stereocenters. The van der Waals surface area contributed by atoms with E-state index < -0.39 is 0 Å². The molecule has 0 aromatic heterocycles. The second kappa shape index (κ2) is 13.6. The molecule has 6 nitrogen and oxygen atoms in total. The van der Waals surface area contributed by atoms with E-state index in [1.165, 1.54) is 0 Å². The maximum absolute atomic E-state index is 11.8. The van der Waals surface area contributed by atoms with E-state index in [9.17, 15) is 4.79 Å². The lowest BCUT2D eigenvalue weighted by atomic mass is 9.93. The van der Waals surface area contributed by atoms with E-state index in [0.717, 1.165) is 51.0 Å². The predicted octanol–water partition coefficient (Wildman–Crippen LogP) is 2.76. The molecule has 7 heteroatoms. The van der Waals surface area contributed by atoms with Crippen molar-refractivity contribution in [1.82, 2.24) is 15.5 Å². The topological polar surface area (TPSA) is 66.0 Å². The summed E-state index contributed by atoms with van der Waals surface area (Å²) in [5.74, 6) is 0.771. The Bertz CT molecular complexity index is 395. The van der Waals surface area contributed by atoms with Crippen LogP contribution in [0.4, 0.5) is 0 Å². The van der Waals surface area contributed by atoms with Gasteiger partial charge in [0.2, 0.25) is 5.91 Å². The van der Waals surface area contributed by atoms with Crippen molar-refractivity contribution in [2.45, 2.75) is 77.5 Å². The number of unbranched alkanes of at least 4 members (excludes halogenated alkanes) is 1. The molecule has 0 heterocycles. The van der Waals surface area contributed by atoms with E-state index in [1.54, 1.807) is 19.0 Å². The average molecular weight is 468 g/mol. The minimum absolute atomic E-state index is 0. The molecule has 0 saturated heterocycles.